The summed E-state index contributed by atoms with van der Waals surface area (Å²) in [5.41, 5.74) is -0.536. The van der Waals surface area contributed by atoms with E-state index in [0.717, 1.165) is 17.1 Å². The average Bonchev–Trinajstić information content (AvgIpc) is 2.75. The Bertz CT molecular complexity index is 1090. The highest BCUT2D eigenvalue weighted by molar-refractivity contribution is 8.00. The predicted molar refractivity (Wildman–Crippen MR) is 137 cm³/mol. The number of unbranched alkanes of at least 4 members (excludes halogenated alkanes) is 2. The zero-order valence-electron chi connectivity index (χ0n) is 21.5. The van der Waals surface area contributed by atoms with Crippen LogP contribution in [-0.2, 0) is 19.6 Å². The maximum atomic E-state index is 13.4. The summed E-state index contributed by atoms with van der Waals surface area (Å²) in [5.74, 6) is 4.98. The van der Waals surface area contributed by atoms with Gasteiger partial charge in [-0.3, -0.25) is 0 Å². The summed E-state index contributed by atoms with van der Waals surface area (Å²) in [6, 6.07) is 4.82. The van der Waals surface area contributed by atoms with Gasteiger partial charge in [0.05, 0.1) is 12.0 Å². The maximum Gasteiger partial charge on any atom is 0.407 e. The minimum Gasteiger partial charge on any atom is -0.548 e. The van der Waals surface area contributed by atoms with E-state index in [1.165, 1.54) is 23.9 Å². The highest BCUT2D eigenvalue weighted by Gasteiger charge is 2.45. The molecule has 1 aromatic carbocycles. The van der Waals surface area contributed by atoms with Crippen LogP contribution in [0.5, 0.6) is 5.75 Å². The maximum absolute atomic E-state index is 13.4. The van der Waals surface area contributed by atoms with E-state index < -0.39 is 38.5 Å². The minimum absolute atomic E-state index is 0.0199. The van der Waals surface area contributed by atoms with Gasteiger partial charge in [-0.15, -0.1) is 0 Å². The van der Waals surface area contributed by atoms with Crippen LogP contribution in [0.2, 0.25) is 0 Å². The molecule has 200 valence electrons. The number of alkyl carbamates (subject to hydrolysis) is 1. The number of para-hydroxylation sites is 1. The Balaban J connectivity index is 1.93. The molecule has 9 nitrogen and oxygen atoms in total. The average molecular weight is 540 g/mol. The highest BCUT2D eigenvalue weighted by atomic mass is 32.2. The lowest BCUT2D eigenvalue weighted by atomic mass is 10.0. The fourth-order valence-corrected chi connectivity index (χ4v) is 6.84. The summed E-state index contributed by atoms with van der Waals surface area (Å²) in [6.07, 6.45) is 1.64. The fourth-order valence-electron chi connectivity index (χ4n) is 3.62. The number of hydrogen-bond donors (Lipinski definition) is 1. The van der Waals surface area contributed by atoms with E-state index in [9.17, 15) is 23.1 Å². The first-order valence-electron chi connectivity index (χ1n) is 11.8. The van der Waals surface area contributed by atoms with Gasteiger partial charge in [-0.1, -0.05) is 24.0 Å². The molecule has 11 heteroatoms. The van der Waals surface area contributed by atoms with Crippen molar-refractivity contribution >= 4 is 33.8 Å². The van der Waals surface area contributed by atoms with E-state index >= 15 is 0 Å². The van der Waals surface area contributed by atoms with Crippen molar-refractivity contribution in [2.75, 3.05) is 25.4 Å². The molecule has 0 radical (unpaired) electrons. The molecule has 1 fully saturated rings. The molecule has 0 aromatic heterocycles. The molecule has 36 heavy (non-hydrogen) atoms. The summed E-state index contributed by atoms with van der Waals surface area (Å²) < 4.78 is 37.9. The quantitative estimate of drug-likeness (QED) is 0.375. The second-order valence-electron chi connectivity index (χ2n) is 9.76. The van der Waals surface area contributed by atoms with E-state index in [0.29, 0.717) is 18.7 Å². The summed E-state index contributed by atoms with van der Waals surface area (Å²) in [6.45, 7) is 9.33. The Morgan fingerprint density at radius 2 is 1.92 bits per heavy atom. The van der Waals surface area contributed by atoms with Gasteiger partial charge in [0.25, 0.3) is 0 Å². The van der Waals surface area contributed by atoms with Crippen LogP contribution in [0.15, 0.2) is 29.2 Å². The van der Waals surface area contributed by atoms with Gasteiger partial charge in [-0.05, 0) is 59.6 Å². The molecule has 2 rings (SSSR count). The number of nitrogens with zero attached hydrogens (tertiary/aromatic N) is 1. The van der Waals surface area contributed by atoms with Crippen LogP contribution in [0, 0.1) is 11.8 Å². The van der Waals surface area contributed by atoms with E-state index in [1.807, 2.05) is 0 Å². The molecular formula is C25H35N2O7S2-. The van der Waals surface area contributed by atoms with E-state index in [4.69, 9.17) is 9.47 Å². The summed E-state index contributed by atoms with van der Waals surface area (Å²) in [5, 5.41) is 14.6. The SMILES string of the molecule is CC(C)(C)OC(=O)NCCCCC#CCOc1ccccc1S(=O)(=O)N1CCSC(C)(C)C1C(=O)[O-]. The largest absolute Gasteiger partial charge is 0.548 e. The predicted octanol–water partition coefficient (Wildman–Crippen LogP) is 2.40. The van der Waals surface area contributed by atoms with Crippen molar-refractivity contribution < 1.29 is 32.6 Å². The molecule has 1 amide bonds. The summed E-state index contributed by atoms with van der Waals surface area (Å²) in [7, 11) is -4.15. The Morgan fingerprint density at radius 1 is 1.22 bits per heavy atom. The smallest absolute Gasteiger partial charge is 0.407 e. The zero-order chi connectivity index (χ0) is 27.0. The third kappa shape index (κ3) is 8.61. The lowest BCUT2D eigenvalue weighted by Gasteiger charge is -2.45. The number of benzene rings is 1. The molecule has 1 heterocycles. The van der Waals surface area contributed by atoms with Crippen molar-refractivity contribution in [1.82, 2.24) is 9.62 Å². The lowest BCUT2D eigenvalue weighted by Crippen LogP contribution is -2.62. The summed E-state index contributed by atoms with van der Waals surface area (Å²) >= 11 is 1.40. The number of carboxylic acids is 1. The van der Waals surface area contributed by atoms with Crippen LogP contribution in [0.3, 0.4) is 0 Å². The third-order valence-corrected chi connectivity index (χ3v) is 8.47. The number of carbonyl (C=O) groups excluding carboxylic acids is 2. The molecule has 1 aliphatic heterocycles. The lowest BCUT2D eigenvalue weighted by molar-refractivity contribution is -0.311. The number of nitrogens with one attached hydrogen (secondary N) is 1. The molecule has 1 aliphatic rings. The number of carboxylic acid groups (broad SMARTS) is 1. The Kier molecular flexibility index (Phi) is 10.5. The molecule has 1 aromatic rings. The zero-order valence-corrected chi connectivity index (χ0v) is 23.1. The number of rotatable bonds is 9. The molecule has 0 spiro atoms. The van der Waals surface area contributed by atoms with Crippen molar-refractivity contribution in [3.8, 4) is 17.6 Å². The minimum atomic E-state index is -4.15. The molecule has 0 saturated carbocycles. The number of sulfonamides is 1. The van der Waals surface area contributed by atoms with Gasteiger partial charge in [0.1, 0.15) is 22.9 Å². The van der Waals surface area contributed by atoms with Crippen LogP contribution in [0.1, 0.15) is 53.9 Å². The van der Waals surface area contributed by atoms with Gasteiger partial charge < -0.3 is 24.7 Å². The first kappa shape index (κ1) is 29.8. The molecule has 0 bridgehead atoms. The van der Waals surface area contributed by atoms with Gasteiger partial charge in [0, 0.05) is 30.0 Å². The molecule has 0 aliphatic carbocycles. The number of aliphatic carboxylic acids is 1. The molecular weight excluding hydrogens is 504 g/mol. The summed E-state index contributed by atoms with van der Waals surface area (Å²) in [4.78, 5) is 23.4. The van der Waals surface area contributed by atoms with Gasteiger partial charge in [-0.2, -0.15) is 16.1 Å². The second-order valence-corrected chi connectivity index (χ2v) is 13.4. The van der Waals surface area contributed by atoms with Crippen molar-refractivity contribution in [1.29, 1.82) is 0 Å². The standard InChI is InChI=1S/C25H36N2O7S2/c1-24(2,3)34-23(30)26-15-11-7-6-8-12-17-33-19-13-9-10-14-20(19)36(31,32)27-16-18-35-25(4,5)21(27)22(28)29/h9-10,13-14,21H,6-7,11,15-18H2,1-5H3,(H,26,30)(H,28,29)/p-1. The van der Waals surface area contributed by atoms with Crippen LogP contribution in [0.4, 0.5) is 4.79 Å². The van der Waals surface area contributed by atoms with Gasteiger partial charge in [-0.25, -0.2) is 13.2 Å². The Hall–Kier alpha value is -2.42. The fraction of sp³-hybridized carbons (Fsp3) is 0.600. The van der Waals surface area contributed by atoms with Crippen LogP contribution < -0.4 is 15.2 Å². The number of ether oxygens (including phenoxy) is 2. The van der Waals surface area contributed by atoms with E-state index in [1.54, 1.807) is 46.8 Å². The van der Waals surface area contributed by atoms with Crippen LogP contribution >= 0.6 is 11.8 Å². The van der Waals surface area contributed by atoms with E-state index in [-0.39, 0.29) is 23.8 Å². The number of carbonyl (C=O) groups is 2. The molecule has 1 saturated heterocycles. The van der Waals surface area contributed by atoms with Gasteiger partial charge in [0.2, 0.25) is 10.0 Å². The second kappa shape index (κ2) is 12.7. The van der Waals surface area contributed by atoms with E-state index in [2.05, 4.69) is 17.2 Å². The first-order chi connectivity index (χ1) is 16.8. The molecule has 1 N–H and O–H groups in total. The number of amides is 1. The third-order valence-electron chi connectivity index (χ3n) is 5.21. The molecule has 1 atom stereocenters. The van der Waals surface area contributed by atoms with Crippen LogP contribution in [0.25, 0.3) is 0 Å². The van der Waals surface area contributed by atoms with Crippen molar-refractivity contribution in [3.05, 3.63) is 24.3 Å². The first-order valence-corrected chi connectivity index (χ1v) is 14.2. The van der Waals surface area contributed by atoms with Crippen molar-refractivity contribution in [2.24, 2.45) is 0 Å². The topological polar surface area (TPSA) is 125 Å². The Labute approximate surface area is 218 Å². The number of thioether (sulfide) groups is 1. The van der Waals surface area contributed by atoms with Crippen LogP contribution in [-0.4, -0.2) is 66.6 Å². The Morgan fingerprint density at radius 3 is 2.58 bits per heavy atom. The monoisotopic (exact) mass is 539 g/mol. The normalized spacial score (nSPS) is 18.0. The molecule has 1 unspecified atom stereocenters. The highest BCUT2D eigenvalue weighted by Crippen LogP contribution is 2.39. The van der Waals surface area contributed by atoms with Crippen molar-refractivity contribution in [2.45, 2.75) is 75.2 Å². The number of hydrogen-bond acceptors (Lipinski definition) is 8. The van der Waals surface area contributed by atoms with Gasteiger partial charge in [0.15, 0.2) is 0 Å². The van der Waals surface area contributed by atoms with Gasteiger partial charge >= 0.3 is 6.09 Å². The van der Waals surface area contributed by atoms with Crippen molar-refractivity contribution in [3.63, 3.8) is 0 Å².